The summed E-state index contributed by atoms with van der Waals surface area (Å²) in [4.78, 5) is 46.8. The molecule has 1 aromatic rings. The van der Waals surface area contributed by atoms with Crippen molar-refractivity contribution >= 4 is 23.8 Å². The number of carboxylic acids is 2. The largest absolute Gasteiger partial charge is 0.542 e. The Morgan fingerprint density at radius 2 is 1.86 bits per heavy atom. The molecule has 0 spiro atoms. The summed E-state index contributed by atoms with van der Waals surface area (Å²) in [6.07, 6.45) is -3.73. The summed E-state index contributed by atoms with van der Waals surface area (Å²) in [6.45, 7) is 4.17. The van der Waals surface area contributed by atoms with Crippen LogP contribution < -0.4 is 20.9 Å². The minimum atomic E-state index is -5.19. The van der Waals surface area contributed by atoms with Gasteiger partial charge >= 0.3 is 12.1 Å². The third kappa shape index (κ3) is 9.99. The van der Waals surface area contributed by atoms with Crippen molar-refractivity contribution in [3.05, 3.63) is 41.7 Å². The van der Waals surface area contributed by atoms with E-state index in [9.17, 15) is 32.7 Å². The Morgan fingerprint density at radius 3 is 2.35 bits per heavy atom. The van der Waals surface area contributed by atoms with E-state index in [1.807, 2.05) is 31.2 Å². The lowest BCUT2D eigenvalue weighted by Gasteiger charge is -2.35. The number of aliphatic carboxylic acids is 2. The van der Waals surface area contributed by atoms with Crippen molar-refractivity contribution in [1.82, 2.24) is 10.2 Å². The number of hydrogen-bond acceptors (Lipinski definition) is 7. The maximum Gasteiger partial charge on any atom is 0.430 e. The van der Waals surface area contributed by atoms with E-state index in [1.54, 1.807) is 12.0 Å². The summed E-state index contributed by atoms with van der Waals surface area (Å²) in [7, 11) is 1.59. The van der Waals surface area contributed by atoms with Gasteiger partial charge in [-0.05, 0) is 30.5 Å². The summed E-state index contributed by atoms with van der Waals surface area (Å²) in [6, 6.07) is 6.21. The summed E-state index contributed by atoms with van der Waals surface area (Å²) >= 11 is 0. The second kappa shape index (κ2) is 14.1. The van der Waals surface area contributed by atoms with Crippen LogP contribution in [0.2, 0.25) is 0 Å². The molecule has 1 aliphatic heterocycles. The van der Waals surface area contributed by atoms with Crippen LogP contribution >= 0.6 is 0 Å². The molecule has 0 saturated carbocycles. The average molecular weight is 534 g/mol. The van der Waals surface area contributed by atoms with Gasteiger partial charge in [-0.1, -0.05) is 19.1 Å². The first-order chi connectivity index (χ1) is 17.2. The second-order valence-electron chi connectivity index (χ2n) is 7.98. The number of carbonyl (C=O) groups excluding carboxylic acids is 3. The SMILES string of the molecule is CCCN(CCc1cccc(OC)c1)C(=O)[C@@H]1OC(C(=O)O)=C[C@H]([NH3+])[C@H]1NC(C)=O.O=C([O-])C(F)(F)F. The molecule has 0 saturated heterocycles. The molecule has 11 nitrogen and oxygen atoms in total. The number of quaternary nitrogens is 1. The number of nitrogens with zero attached hydrogens (tertiary/aromatic N) is 1. The standard InChI is InChI=1S/C21H29N3O6.C2HF3O2/c1-4-9-24(10-8-14-6-5-7-15(11-14)29-3)20(26)19-18(23-13(2)25)16(22)12-17(30-19)21(27)28;3-2(4,5)1(6)7/h5-7,11-12,16,18-19H,4,8-10,22H2,1-3H3,(H,23,25)(H,27,28);(H,6,7)/t16-,18+,19+;/m0./s1. The molecule has 0 unspecified atom stereocenters. The Labute approximate surface area is 211 Å². The zero-order chi connectivity index (χ0) is 28.3. The number of carboxylic acid groups (broad SMARTS) is 2. The summed E-state index contributed by atoms with van der Waals surface area (Å²) in [5, 5.41) is 20.8. The molecular formula is C23H30F3N3O8. The van der Waals surface area contributed by atoms with Crippen molar-refractivity contribution in [2.45, 2.75) is 51.1 Å². The zero-order valence-corrected chi connectivity index (χ0v) is 20.5. The van der Waals surface area contributed by atoms with Gasteiger partial charge in [0.25, 0.3) is 5.91 Å². The van der Waals surface area contributed by atoms with E-state index in [2.05, 4.69) is 11.1 Å². The van der Waals surface area contributed by atoms with Crippen molar-refractivity contribution in [2.75, 3.05) is 20.2 Å². The number of carbonyl (C=O) groups is 4. The number of alkyl halides is 3. The summed E-state index contributed by atoms with van der Waals surface area (Å²) in [5.74, 6) is -4.61. The number of halogens is 3. The van der Waals surface area contributed by atoms with Crippen LogP contribution in [-0.2, 0) is 30.3 Å². The molecule has 0 bridgehead atoms. The highest BCUT2D eigenvalue weighted by atomic mass is 19.4. The Bertz CT molecular complexity index is 1000. The third-order valence-electron chi connectivity index (χ3n) is 5.07. The molecule has 2 amide bonds. The van der Waals surface area contributed by atoms with Gasteiger partial charge in [-0.15, -0.1) is 0 Å². The topological polar surface area (TPSA) is 173 Å². The Hall–Kier alpha value is -3.81. The van der Waals surface area contributed by atoms with Crippen LogP contribution in [0.15, 0.2) is 36.1 Å². The van der Waals surface area contributed by atoms with E-state index in [4.69, 9.17) is 19.4 Å². The first-order valence-corrected chi connectivity index (χ1v) is 11.1. The number of rotatable bonds is 9. The van der Waals surface area contributed by atoms with Gasteiger partial charge in [-0.3, -0.25) is 9.59 Å². The van der Waals surface area contributed by atoms with Crippen molar-refractivity contribution in [1.29, 1.82) is 0 Å². The van der Waals surface area contributed by atoms with E-state index in [0.717, 1.165) is 17.7 Å². The molecular weight excluding hydrogens is 503 g/mol. The molecule has 0 radical (unpaired) electrons. The highest BCUT2D eigenvalue weighted by molar-refractivity contribution is 5.88. The molecule has 1 heterocycles. The monoisotopic (exact) mass is 533 g/mol. The molecule has 1 aromatic carbocycles. The smallest absolute Gasteiger partial charge is 0.430 e. The van der Waals surface area contributed by atoms with Gasteiger partial charge in [0, 0.05) is 26.1 Å². The van der Waals surface area contributed by atoms with Crippen LogP contribution in [0.4, 0.5) is 13.2 Å². The fraction of sp³-hybridized carbons (Fsp3) is 0.478. The summed E-state index contributed by atoms with van der Waals surface area (Å²) in [5.41, 5.74) is 4.90. The molecule has 37 heavy (non-hydrogen) atoms. The first kappa shape index (κ1) is 31.2. The zero-order valence-electron chi connectivity index (χ0n) is 20.5. The normalized spacial score (nSPS) is 18.8. The predicted octanol–water partition coefficient (Wildman–Crippen LogP) is -0.743. The second-order valence-corrected chi connectivity index (χ2v) is 7.98. The minimum absolute atomic E-state index is 0.334. The molecule has 5 N–H and O–H groups in total. The number of ether oxygens (including phenoxy) is 2. The lowest BCUT2D eigenvalue weighted by molar-refractivity contribution is -0.414. The van der Waals surface area contributed by atoms with Crippen LogP contribution in [-0.4, -0.2) is 78.3 Å². The van der Waals surface area contributed by atoms with Crippen LogP contribution in [0.3, 0.4) is 0 Å². The van der Waals surface area contributed by atoms with E-state index in [0.29, 0.717) is 19.5 Å². The lowest BCUT2D eigenvalue weighted by Crippen LogP contribution is -2.74. The molecule has 0 aliphatic carbocycles. The molecule has 0 fully saturated rings. The van der Waals surface area contributed by atoms with Crippen LogP contribution in [0.25, 0.3) is 0 Å². The van der Waals surface area contributed by atoms with Crippen LogP contribution in [0.1, 0.15) is 25.8 Å². The number of methoxy groups -OCH3 is 1. The van der Waals surface area contributed by atoms with Crippen LogP contribution in [0, 0.1) is 0 Å². The van der Waals surface area contributed by atoms with Crippen molar-refractivity contribution < 1.29 is 57.8 Å². The maximum absolute atomic E-state index is 13.3. The van der Waals surface area contributed by atoms with Gasteiger partial charge in [-0.2, -0.15) is 13.2 Å². The fourth-order valence-corrected chi connectivity index (χ4v) is 3.39. The first-order valence-electron chi connectivity index (χ1n) is 11.1. The number of hydrogen-bond donors (Lipinski definition) is 3. The highest BCUT2D eigenvalue weighted by Crippen LogP contribution is 2.20. The molecule has 3 atom stereocenters. The van der Waals surface area contributed by atoms with E-state index < -0.39 is 36.3 Å². The molecule has 14 heteroatoms. The number of benzene rings is 1. The van der Waals surface area contributed by atoms with Gasteiger partial charge in [-0.25, -0.2) is 4.79 Å². The van der Waals surface area contributed by atoms with Gasteiger partial charge in [0.05, 0.1) is 7.11 Å². The molecule has 206 valence electrons. The van der Waals surface area contributed by atoms with Crippen molar-refractivity contribution in [2.24, 2.45) is 0 Å². The Balaban J connectivity index is 0.000000856. The van der Waals surface area contributed by atoms with Crippen LogP contribution in [0.5, 0.6) is 5.75 Å². The van der Waals surface area contributed by atoms with Gasteiger partial charge < -0.3 is 40.4 Å². The quantitative estimate of drug-likeness (QED) is 0.372. The van der Waals surface area contributed by atoms with E-state index in [-0.39, 0.29) is 17.6 Å². The molecule has 2 rings (SSSR count). The Kier molecular flexibility index (Phi) is 11.9. The maximum atomic E-state index is 13.3. The summed E-state index contributed by atoms with van der Waals surface area (Å²) < 4.78 is 42.3. The average Bonchev–Trinajstić information content (AvgIpc) is 2.82. The lowest BCUT2D eigenvalue weighted by atomic mass is 9.97. The fourth-order valence-electron chi connectivity index (χ4n) is 3.39. The third-order valence-corrected chi connectivity index (χ3v) is 5.07. The minimum Gasteiger partial charge on any atom is -0.542 e. The predicted molar refractivity (Wildman–Crippen MR) is 120 cm³/mol. The molecule has 0 aromatic heterocycles. The van der Waals surface area contributed by atoms with E-state index in [1.165, 1.54) is 13.0 Å². The van der Waals surface area contributed by atoms with E-state index >= 15 is 0 Å². The molecule has 1 aliphatic rings. The van der Waals surface area contributed by atoms with Crippen molar-refractivity contribution in [3.8, 4) is 5.75 Å². The van der Waals surface area contributed by atoms with Gasteiger partial charge in [0.15, 0.2) is 0 Å². The number of nitrogens with one attached hydrogen (secondary N) is 1. The number of amides is 2. The highest BCUT2D eigenvalue weighted by Gasteiger charge is 2.43. The van der Waals surface area contributed by atoms with Gasteiger partial charge in [0.1, 0.15) is 23.8 Å². The Morgan fingerprint density at radius 1 is 1.24 bits per heavy atom. The van der Waals surface area contributed by atoms with Gasteiger partial charge in [0.2, 0.25) is 17.8 Å². The van der Waals surface area contributed by atoms with Crippen molar-refractivity contribution in [3.63, 3.8) is 0 Å².